The summed E-state index contributed by atoms with van der Waals surface area (Å²) in [4.78, 5) is 20.2. The van der Waals surface area contributed by atoms with Gasteiger partial charge in [-0.2, -0.15) is 5.26 Å². The maximum atomic E-state index is 12.8. The Morgan fingerprint density at radius 1 is 1.29 bits per heavy atom. The van der Waals surface area contributed by atoms with Crippen LogP contribution in [0.1, 0.15) is 41.6 Å². The quantitative estimate of drug-likeness (QED) is 0.645. The molecule has 1 aliphatic rings. The predicted octanol–water partition coefficient (Wildman–Crippen LogP) is 4.41. The zero-order chi connectivity index (χ0) is 19.3. The molecule has 0 aliphatic heterocycles. The SMILES string of the molecule is N#CC1CCCC(Nc2c(C(=O)OCc3ccccc3)cnc3[nH]ccc23)C1. The van der Waals surface area contributed by atoms with E-state index in [0.717, 1.165) is 48.0 Å². The topological polar surface area (TPSA) is 90.8 Å². The van der Waals surface area contributed by atoms with Gasteiger partial charge in [-0.15, -0.1) is 0 Å². The highest BCUT2D eigenvalue weighted by molar-refractivity contribution is 6.04. The third kappa shape index (κ3) is 3.84. The minimum absolute atomic E-state index is 0.0586. The van der Waals surface area contributed by atoms with E-state index in [2.05, 4.69) is 21.4 Å². The molecule has 0 radical (unpaired) electrons. The molecular formula is C22H22N4O2. The average Bonchev–Trinajstić information content (AvgIpc) is 3.22. The van der Waals surface area contributed by atoms with E-state index >= 15 is 0 Å². The van der Waals surface area contributed by atoms with E-state index in [1.807, 2.05) is 36.4 Å². The highest BCUT2D eigenvalue weighted by Gasteiger charge is 2.25. The number of hydrogen-bond donors (Lipinski definition) is 2. The summed E-state index contributed by atoms with van der Waals surface area (Å²) in [5.41, 5.74) is 2.80. The number of carbonyl (C=O) groups excluding carboxylic acids is 1. The van der Waals surface area contributed by atoms with Gasteiger partial charge in [-0.05, 0) is 30.9 Å². The van der Waals surface area contributed by atoms with Crippen molar-refractivity contribution in [1.29, 1.82) is 5.26 Å². The summed E-state index contributed by atoms with van der Waals surface area (Å²) in [5.74, 6) is -0.349. The Morgan fingerprint density at radius 2 is 2.14 bits per heavy atom. The molecule has 6 nitrogen and oxygen atoms in total. The van der Waals surface area contributed by atoms with E-state index in [1.54, 1.807) is 12.4 Å². The number of aromatic nitrogens is 2. The molecule has 3 aromatic rings. The van der Waals surface area contributed by atoms with Gasteiger partial charge in [0.1, 0.15) is 17.8 Å². The van der Waals surface area contributed by atoms with E-state index in [-0.39, 0.29) is 18.6 Å². The van der Waals surface area contributed by atoms with Gasteiger partial charge in [0.25, 0.3) is 0 Å². The zero-order valence-corrected chi connectivity index (χ0v) is 15.5. The fraction of sp³-hybridized carbons (Fsp3) is 0.318. The molecule has 28 heavy (non-hydrogen) atoms. The number of H-pyrrole nitrogens is 1. The molecule has 2 heterocycles. The second-order valence-corrected chi connectivity index (χ2v) is 7.18. The van der Waals surface area contributed by atoms with Crippen molar-refractivity contribution >= 4 is 22.7 Å². The van der Waals surface area contributed by atoms with Crippen molar-refractivity contribution in [2.75, 3.05) is 5.32 Å². The Labute approximate surface area is 163 Å². The number of hydrogen-bond acceptors (Lipinski definition) is 5. The predicted molar refractivity (Wildman–Crippen MR) is 107 cm³/mol. The molecule has 2 aromatic heterocycles. The summed E-state index contributed by atoms with van der Waals surface area (Å²) < 4.78 is 5.53. The van der Waals surface area contributed by atoms with Crippen LogP contribution in [0.3, 0.4) is 0 Å². The Bertz CT molecular complexity index is 1010. The van der Waals surface area contributed by atoms with Gasteiger partial charge in [-0.25, -0.2) is 9.78 Å². The molecule has 1 aliphatic carbocycles. The van der Waals surface area contributed by atoms with Crippen molar-refractivity contribution in [3.05, 3.63) is 59.9 Å². The number of rotatable bonds is 5. The molecule has 1 aromatic carbocycles. The van der Waals surface area contributed by atoms with Crippen LogP contribution < -0.4 is 5.32 Å². The molecule has 0 spiro atoms. The van der Waals surface area contributed by atoms with Crippen LogP contribution in [0.5, 0.6) is 0 Å². The number of nitriles is 1. The summed E-state index contributed by atoms with van der Waals surface area (Å²) in [5, 5.41) is 13.6. The van der Waals surface area contributed by atoms with Crippen LogP contribution in [0.2, 0.25) is 0 Å². The molecule has 1 saturated carbocycles. The number of aromatic amines is 1. The lowest BCUT2D eigenvalue weighted by Crippen LogP contribution is -2.28. The van der Waals surface area contributed by atoms with Crippen molar-refractivity contribution in [1.82, 2.24) is 9.97 Å². The third-order valence-electron chi connectivity index (χ3n) is 5.22. The van der Waals surface area contributed by atoms with E-state index in [0.29, 0.717) is 5.56 Å². The maximum absolute atomic E-state index is 12.8. The maximum Gasteiger partial charge on any atom is 0.342 e. The summed E-state index contributed by atoms with van der Waals surface area (Å²) in [7, 11) is 0. The number of ether oxygens (including phenoxy) is 1. The molecule has 0 amide bonds. The van der Waals surface area contributed by atoms with E-state index in [9.17, 15) is 10.1 Å². The Morgan fingerprint density at radius 3 is 2.96 bits per heavy atom. The first-order valence-electron chi connectivity index (χ1n) is 9.58. The van der Waals surface area contributed by atoms with Gasteiger partial charge in [0.2, 0.25) is 0 Å². The highest BCUT2D eigenvalue weighted by atomic mass is 16.5. The molecule has 2 N–H and O–H groups in total. The van der Waals surface area contributed by atoms with Crippen LogP contribution in [0, 0.1) is 17.2 Å². The lowest BCUT2D eigenvalue weighted by Gasteiger charge is -2.27. The van der Waals surface area contributed by atoms with E-state index in [4.69, 9.17) is 4.74 Å². The number of anilines is 1. The molecule has 1 fully saturated rings. The number of esters is 1. The second kappa shape index (κ2) is 8.13. The van der Waals surface area contributed by atoms with Gasteiger partial charge in [0.05, 0.1) is 11.8 Å². The van der Waals surface area contributed by atoms with Crippen molar-refractivity contribution in [3.8, 4) is 6.07 Å². The minimum atomic E-state index is -0.408. The lowest BCUT2D eigenvalue weighted by atomic mass is 9.86. The van der Waals surface area contributed by atoms with Gasteiger partial charge >= 0.3 is 5.97 Å². The molecule has 2 atom stereocenters. The first kappa shape index (κ1) is 18.1. The van der Waals surface area contributed by atoms with Crippen LogP contribution in [0.25, 0.3) is 11.0 Å². The number of carbonyl (C=O) groups is 1. The van der Waals surface area contributed by atoms with E-state index < -0.39 is 5.97 Å². The number of fused-ring (bicyclic) bond motifs is 1. The Hall–Kier alpha value is -3.33. The second-order valence-electron chi connectivity index (χ2n) is 7.18. The fourth-order valence-corrected chi connectivity index (χ4v) is 3.76. The number of nitrogens with one attached hydrogen (secondary N) is 2. The Kier molecular flexibility index (Phi) is 5.24. The number of nitrogens with zero attached hydrogens (tertiary/aromatic N) is 2. The molecule has 2 unspecified atom stereocenters. The van der Waals surface area contributed by atoms with Crippen molar-refractivity contribution < 1.29 is 9.53 Å². The summed E-state index contributed by atoms with van der Waals surface area (Å²) >= 11 is 0. The summed E-state index contributed by atoms with van der Waals surface area (Å²) in [6, 6.07) is 14.0. The average molecular weight is 374 g/mol. The minimum Gasteiger partial charge on any atom is -0.457 e. The molecule has 142 valence electrons. The Balaban J connectivity index is 1.58. The van der Waals surface area contributed by atoms with Gasteiger partial charge in [-0.3, -0.25) is 0 Å². The fourth-order valence-electron chi connectivity index (χ4n) is 3.76. The van der Waals surface area contributed by atoms with Gasteiger partial charge in [0, 0.05) is 29.7 Å². The first-order valence-corrected chi connectivity index (χ1v) is 9.58. The summed E-state index contributed by atoms with van der Waals surface area (Å²) in [6.07, 6.45) is 7.07. The van der Waals surface area contributed by atoms with Gasteiger partial charge in [-0.1, -0.05) is 36.8 Å². The molecule has 0 bridgehead atoms. The molecule has 6 heteroatoms. The summed E-state index contributed by atoms with van der Waals surface area (Å²) in [6.45, 7) is 0.213. The van der Waals surface area contributed by atoms with Crippen LogP contribution in [-0.4, -0.2) is 22.0 Å². The molecular weight excluding hydrogens is 352 g/mol. The smallest absolute Gasteiger partial charge is 0.342 e. The van der Waals surface area contributed by atoms with Crippen LogP contribution in [0.15, 0.2) is 48.8 Å². The van der Waals surface area contributed by atoms with E-state index in [1.165, 1.54) is 0 Å². The number of benzene rings is 1. The normalized spacial score (nSPS) is 19.1. The largest absolute Gasteiger partial charge is 0.457 e. The lowest BCUT2D eigenvalue weighted by molar-refractivity contribution is 0.0473. The van der Waals surface area contributed by atoms with Crippen LogP contribution in [-0.2, 0) is 11.3 Å². The molecule has 4 rings (SSSR count). The number of pyridine rings is 1. The van der Waals surface area contributed by atoms with Crippen molar-refractivity contribution in [2.45, 2.75) is 38.3 Å². The first-order chi connectivity index (χ1) is 13.7. The van der Waals surface area contributed by atoms with Crippen LogP contribution in [0.4, 0.5) is 5.69 Å². The van der Waals surface area contributed by atoms with Crippen LogP contribution >= 0.6 is 0 Å². The monoisotopic (exact) mass is 374 g/mol. The highest BCUT2D eigenvalue weighted by Crippen LogP contribution is 2.31. The molecule has 0 saturated heterocycles. The zero-order valence-electron chi connectivity index (χ0n) is 15.5. The van der Waals surface area contributed by atoms with Crippen molar-refractivity contribution in [2.24, 2.45) is 5.92 Å². The van der Waals surface area contributed by atoms with Gasteiger partial charge in [0.15, 0.2) is 0 Å². The third-order valence-corrected chi connectivity index (χ3v) is 5.22. The van der Waals surface area contributed by atoms with Crippen molar-refractivity contribution in [3.63, 3.8) is 0 Å². The standard InChI is InChI=1S/C22H22N4O2/c23-12-16-7-4-8-17(11-16)26-20-18-9-10-24-21(18)25-13-19(20)22(27)28-14-15-5-2-1-3-6-15/h1-3,5-6,9-10,13,16-17H,4,7-8,11,14H2,(H2,24,25,26). The van der Waals surface area contributed by atoms with Gasteiger partial charge < -0.3 is 15.0 Å².